The Hall–Kier alpha value is -1.19. The van der Waals surface area contributed by atoms with Crippen LogP contribution in [0, 0.1) is 0 Å². The predicted octanol–water partition coefficient (Wildman–Crippen LogP) is 3.44. The average Bonchev–Trinajstić information content (AvgIpc) is 2.64. The molecule has 3 nitrogen and oxygen atoms in total. The number of benzene rings is 1. The van der Waals surface area contributed by atoms with E-state index < -0.39 is 0 Å². The molecule has 0 spiro atoms. The molecule has 2 aromatic rings. The van der Waals surface area contributed by atoms with Crippen molar-refractivity contribution < 1.29 is 0 Å². The maximum atomic E-state index is 5.96. The molecular formula is C11H11Cl2N3. The summed E-state index contributed by atoms with van der Waals surface area (Å²) in [6.45, 7) is 0. The molecule has 84 valence electrons. The van der Waals surface area contributed by atoms with Crippen molar-refractivity contribution in [2.75, 3.05) is 12.4 Å². The molecule has 0 bridgehead atoms. The molecule has 2 rings (SSSR count). The van der Waals surface area contributed by atoms with Crippen molar-refractivity contribution in [1.82, 2.24) is 9.78 Å². The lowest BCUT2D eigenvalue weighted by molar-refractivity contribution is 0.778. The van der Waals surface area contributed by atoms with Crippen LogP contribution < -0.4 is 5.32 Å². The van der Waals surface area contributed by atoms with Crippen LogP contribution >= 0.6 is 23.2 Å². The van der Waals surface area contributed by atoms with Crippen LogP contribution in [-0.2, 0) is 7.05 Å². The van der Waals surface area contributed by atoms with E-state index in [1.54, 1.807) is 10.7 Å². The van der Waals surface area contributed by atoms with Crippen LogP contribution in [0.2, 0.25) is 10.0 Å². The smallest absolute Gasteiger partial charge is 0.124 e. The number of aryl methyl sites for hydroxylation is 1. The zero-order valence-electron chi connectivity index (χ0n) is 8.96. The van der Waals surface area contributed by atoms with Crippen LogP contribution in [0.3, 0.4) is 0 Å². The number of anilines is 1. The topological polar surface area (TPSA) is 29.9 Å². The Morgan fingerprint density at radius 3 is 2.50 bits per heavy atom. The lowest BCUT2D eigenvalue weighted by atomic mass is 10.1. The van der Waals surface area contributed by atoms with Gasteiger partial charge in [-0.15, -0.1) is 0 Å². The Balaban J connectivity index is 2.46. The van der Waals surface area contributed by atoms with E-state index in [1.165, 1.54) is 0 Å². The summed E-state index contributed by atoms with van der Waals surface area (Å²) in [6, 6.07) is 7.44. The average molecular weight is 256 g/mol. The number of nitrogens with one attached hydrogen (secondary N) is 1. The Morgan fingerprint density at radius 1 is 1.19 bits per heavy atom. The lowest BCUT2D eigenvalue weighted by Crippen LogP contribution is -1.97. The van der Waals surface area contributed by atoms with Gasteiger partial charge in [0.1, 0.15) is 5.82 Å². The largest absolute Gasteiger partial charge is 0.373 e. The SMILES string of the molecule is CNc1cc(-c2ccc(Cl)c(Cl)c2)nn1C. The third-order valence-corrected chi connectivity index (χ3v) is 3.09. The van der Waals surface area contributed by atoms with E-state index in [2.05, 4.69) is 10.4 Å². The second kappa shape index (κ2) is 4.36. The van der Waals surface area contributed by atoms with Gasteiger partial charge in [-0.05, 0) is 12.1 Å². The van der Waals surface area contributed by atoms with E-state index in [0.29, 0.717) is 10.0 Å². The monoisotopic (exact) mass is 255 g/mol. The molecule has 1 aromatic carbocycles. The third-order valence-electron chi connectivity index (χ3n) is 2.35. The van der Waals surface area contributed by atoms with Gasteiger partial charge in [0, 0.05) is 25.7 Å². The fraction of sp³-hybridized carbons (Fsp3) is 0.182. The fourth-order valence-electron chi connectivity index (χ4n) is 1.50. The van der Waals surface area contributed by atoms with Crippen molar-refractivity contribution in [2.45, 2.75) is 0 Å². The molecule has 1 aromatic heterocycles. The summed E-state index contributed by atoms with van der Waals surface area (Å²) in [6.07, 6.45) is 0. The van der Waals surface area contributed by atoms with Crippen molar-refractivity contribution in [3.63, 3.8) is 0 Å². The van der Waals surface area contributed by atoms with Crippen LogP contribution in [0.15, 0.2) is 24.3 Å². The van der Waals surface area contributed by atoms with E-state index in [4.69, 9.17) is 23.2 Å². The first kappa shape index (κ1) is 11.3. The van der Waals surface area contributed by atoms with E-state index in [-0.39, 0.29) is 0 Å². The van der Waals surface area contributed by atoms with Crippen LogP contribution in [0.4, 0.5) is 5.82 Å². The normalized spacial score (nSPS) is 10.5. The van der Waals surface area contributed by atoms with E-state index >= 15 is 0 Å². The first-order chi connectivity index (χ1) is 7.61. The van der Waals surface area contributed by atoms with E-state index in [9.17, 15) is 0 Å². The van der Waals surface area contributed by atoms with Crippen molar-refractivity contribution in [3.05, 3.63) is 34.3 Å². The Labute approximate surface area is 104 Å². The summed E-state index contributed by atoms with van der Waals surface area (Å²) >= 11 is 11.8. The van der Waals surface area contributed by atoms with E-state index in [0.717, 1.165) is 17.1 Å². The summed E-state index contributed by atoms with van der Waals surface area (Å²) in [5, 5.41) is 8.52. The van der Waals surface area contributed by atoms with Crippen molar-refractivity contribution in [3.8, 4) is 11.3 Å². The van der Waals surface area contributed by atoms with Crippen LogP contribution in [-0.4, -0.2) is 16.8 Å². The summed E-state index contributed by atoms with van der Waals surface area (Å²) in [5.74, 6) is 0.945. The summed E-state index contributed by atoms with van der Waals surface area (Å²) in [4.78, 5) is 0. The molecule has 16 heavy (non-hydrogen) atoms. The van der Waals surface area contributed by atoms with Crippen molar-refractivity contribution in [1.29, 1.82) is 0 Å². The van der Waals surface area contributed by atoms with Gasteiger partial charge in [-0.1, -0.05) is 29.3 Å². The van der Waals surface area contributed by atoms with Crippen LogP contribution in [0.1, 0.15) is 0 Å². The molecule has 0 radical (unpaired) electrons. The van der Waals surface area contributed by atoms with Crippen LogP contribution in [0.5, 0.6) is 0 Å². The number of rotatable bonds is 2. The van der Waals surface area contributed by atoms with Crippen molar-refractivity contribution in [2.24, 2.45) is 7.05 Å². The summed E-state index contributed by atoms with van der Waals surface area (Å²) in [7, 11) is 3.74. The Bertz CT molecular complexity index is 520. The zero-order valence-corrected chi connectivity index (χ0v) is 10.5. The number of halogens is 2. The molecule has 1 N–H and O–H groups in total. The molecule has 0 fully saturated rings. The van der Waals surface area contributed by atoms with Crippen molar-refractivity contribution >= 4 is 29.0 Å². The highest BCUT2D eigenvalue weighted by atomic mass is 35.5. The van der Waals surface area contributed by atoms with Gasteiger partial charge in [0.2, 0.25) is 0 Å². The molecule has 0 aliphatic carbocycles. The van der Waals surface area contributed by atoms with Crippen LogP contribution in [0.25, 0.3) is 11.3 Å². The Morgan fingerprint density at radius 2 is 1.94 bits per heavy atom. The predicted molar refractivity (Wildman–Crippen MR) is 68.2 cm³/mol. The van der Waals surface area contributed by atoms with Gasteiger partial charge >= 0.3 is 0 Å². The number of nitrogens with zero attached hydrogens (tertiary/aromatic N) is 2. The highest BCUT2D eigenvalue weighted by molar-refractivity contribution is 6.42. The fourth-order valence-corrected chi connectivity index (χ4v) is 1.80. The minimum atomic E-state index is 0.538. The highest BCUT2D eigenvalue weighted by Crippen LogP contribution is 2.28. The molecule has 0 aliphatic heterocycles. The molecule has 1 heterocycles. The van der Waals surface area contributed by atoms with Gasteiger partial charge in [0.25, 0.3) is 0 Å². The van der Waals surface area contributed by atoms with Gasteiger partial charge in [-0.25, -0.2) is 0 Å². The van der Waals surface area contributed by atoms with Gasteiger partial charge in [0.15, 0.2) is 0 Å². The minimum absolute atomic E-state index is 0.538. The van der Waals surface area contributed by atoms with Gasteiger partial charge < -0.3 is 5.32 Å². The third kappa shape index (κ3) is 2.01. The molecule has 0 aliphatic rings. The highest BCUT2D eigenvalue weighted by Gasteiger charge is 2.07. The van der Waals surface area contributed by atoms with E-state index in [1.807, 2.05) is 32.3 Å². The zero-order chi connectivity index (χ0) is 11.7. The van der Waals surface area contributed by atoms with Gasteiger partial charge in [-0.3, -0.25) is 4.68 Å². The molecule has 0 unspecified atom stereocenters. The second-order valence-corrected chi connectivity index (χ2v) is 4.23. The molecule has 0 amide bonds. The number of hydrogen-bond donors (Lipinski definition) is 1. The Kier molecular flexibility index (Phi) is 3.08. The lowest BCUT2D eigenvalue weighted by Gasteiger charge is -1.99. The van der Waals surface area contributed by atoms with Gasteiger partial charge in [-0.2, -0.15) is 5.10 Å². The maximum Gasteiger partial charge on any atom is 0.124 e. The number of aromatic nitrogens is 2. The minimum Gasteiger partial charge on any atom is -0.373 e. The quantitative estimate of drug-likeness (QED) is 0.891. The molecule has 0 atom stereocenters. The second-order valence-electron chi connectivity index (χ2n) is 3.42. The molecule has 0 saturated carbocycles. The molecular weight excluding hydrogens is 245 g/mol. The maximum absolute atomic E-state index is 5.96. The summed E-state index contributed by atoms with van der Waals surface area (Å²) < 4.78 is 1.78. The van der Waals surface area contributed by atoms with Gasteiger partial charge in [0.05, 0.1) is 15.7 Å². The molecule has 0 saturated heterocycles. The first-order valence-corrected chi connectivity index (χ1v) is 5.54. The number of hydrogen-bond acceptors (Lipinski definition) is 2. The first-order valence-electron chi connectivity index (χ1n) is 4.79. The molecule has 5 heteroatoms. The standard InChI is InChI=1S/C11H11Cl2N3/c1-14-11-6-10(15-16(11)2)7-3-4-8(12)9(13)5-7/h3-6,14H,1-2H3. The summed E-state index contributed by atoms with van der Waals surface area (Å²) in [5.41, 5.74) is 1.82.